The Labute approximate surface area is 262 Å². The first kappa shape index (κ1) is 33.4. The van der Waals surface area contributed by atoms with Crippen LogP contribution in [0.15, 0.2) is 12.2 Å². The molecular formula is C35H54O9. The molecule has 3 aliphatic heterocycles. The van der Waals surface area contributed by atoms with Gasteiger partial charge in [0, 0.05) is 18.8 Å². The largest absolute Gasteiger partial charge is 0.462 e. The van der Waals surface area contributed by atoms with Crippen LogP contribution in [0.2, 0.25) is 0 Å². The Morgan fingerprint density at radius 3 is 2.11 bits per heavy atom. The van der Waals surface area contributed by atoms with Gasteiger partial charge in [-0.1, -0.05) is 103 Å². The minimum absolute atomic E-state index is 0.0986. The van der Waals surface area contributed by atoms with E-state index in [1.54, 1.807) is 20.8 Å². The van der Waals surface area contributed by atoms with E-state index in [2.05, 4.69) is 13.5 Å². The maximum Gasteiger partial charge on any atom is 0.313 e. The second kappa shape index (κ2) is 13.0. The van der Waals surface area contributed by atoms with Crippen molar-refractivity contribution in [3.63, 3.8) is 0 Å². The average molecular weight is 619 g/mol. The van der Waals surface area contributed by atoms with E-state index in [1.165, 1.54) is 64.2 Å². The second-order valence-electron chi connectivity index (χ2n) is 14.5. The standard InChI is InChI=1S/C35H54O9/c1-6-7-8-9-10-11-12-13-14-15-16-17-18-19-24(36)41-22(4)23-20-34(44-31(23)38)29-30(43-29)35(40)26-25(21(2)3)27(42-32(26)39)28(37)33(34,35)5/h22-23,25-30,37,40H,2,6-20H2,1,3-5H3/t22-,23+,25-,26+,27+,28+,29+,30-,33-,34+,35-/m0/s1. The van der Waals surface area contributed by atoms with Gasteiger partial charge in [0.25, 0.3) is 0 Å². The van der Waals surface area contributed by atoms with Crippen LogP contribution < -0.4 is 0 Å². The van der Waals surface area contributed by atoms with E-state index in [0.717, 1.165) is 19.3 Å². The first-order valence-electron chi connectivity index (χ1n) is 17.3. The predicted molar refractivity (Wildman–Crippen MR) is 162 cm³/mol. The van der Waals surface area contributed by atoms with Crippen molar-refractivity contribution in [1.82, 2.24) is 0 Å². The maximum absolute atomic E-state index is 13.3. The first-order chi connectivity index (χ1) is 21.0. The number of fused-ring (bicyclic) bond motifs is 8. The molecule has 5 aliphatic rings. The highest BCUT2D eigenvalue weighted by Crippen LogP contribution is 2.75. The number of unbranched alkanes of at least 4 members (excludes halogenated alkanes) is 12. The molecule has 2 N–H and O–H groups in total. The van der Waals surface area contributed by atoms with Gasteiger partial charge in [-0.2, -0.15) is 0 Å². The predicted octanol–water partition coefficient (Wildman–Crippen LogP) is 5.33. The number of esters is 3. The molecule has 0 aromatic rings. The molecule has 3 heterocycles. The molecule has 3 saturated heterocycles. The number of carbonyl (C=O) groups excluding carboxylic acids is 3. The molecule has 9 heteroatoms. The average Bonchev–Trinajstić information content (AvgIpc) is 3.57. The molecule has 5 rings (SSSR count). The maximum atomic E-state index is 13.3. The summed E-state index contributed by atoms with van der Waals surface area (Å²) in [4.78, 5) is 39.0. The SMILES string of the molecule is C=C(C)[C@@H]1[C@H]2OC(=O)[C@@H]1[C@]1(O)[C@H]3O[C@H]3[C@]3(C[C@H]([C@H](C)OC(=O)CCCCCCCCCCCCCCC)C(=O)O3)[C@]1(C)[C@@H]2O. The summed E-state index contributed by atoms with van der Waals surface area (Å²) in [6.45, 7) is 11.3. The van der Waals surface area contributed by atoms with Crippen LogP contribution in [0, 0.1) is 23.2 Å². The Hall–Kier alpha value is -1.97. The zero-order valence-corrected chi connectivity index (χ0v) is 27.2. The van der Waals surface area contributed by atoms with Crippen molar-refractivity contribution in [2.75, 3.05) is 0 Å². The highest BCUT2D eigenvalue weighted by molar-refractivity contribution is 5.82. The molecule has 11 atom stereocenters. The molecule has 0 amide bonds. The van der Waals surface area contributed by atoms with E-state index in [-0.39, 0.29) is 12.4 Å². The van der Waals surface area contributed by atoms with Crippen LogP contribution in [0.5, 0.6) is 0 Å². The lowest BCUT2D eigenvalue weighted by Crippen LogP contribution is -2.72. The molecule has 248 valence electrons. The Bertz CT molecular complexity index is 1110. The molecule has 2 saturated carbocycles. The quantitative estimate of drug-likeness (QED) is 0.0730. The van der Waals surface area contributed by atoms with Gasteiger partial charge in [0.1, 0.15) is 36.1 Å². The molecule has 0 aromatic carbocycles. The third-order valence-corrected chi connectivity index (χ3v) is 11.7. The number of rotatable bonds is 17. The summed E-state index contributed by atoms with van der Waals surface area (Å²) in [6, 6.07) is 0. The molecule has 2 aliphatic carbocycles. The lowest BCUT2D eigenvalue weighted by molar-refractivity contribution is -0.272. The lowest BCUT2D eigenvalue weighted by Gasteiger charge is -2.57. The summed E-state index contributed by atoms with van der Waals surface area (Å²) in [6.07, 6.45) is 11.9. The highest BCUT2D eigenvalue weighted by atomic mass is 16.7. The number of carbonyl (C=O) groups is 3. The van der Waals surface area contributed by atoms with Gasteiger partial charge < -0.3 is 29.2 Å². The Morgan fingerprint density at radius 2 is 1.55 bits per heavy atom. The van der Waals surface area contributed by atoms with Crippen LogP contribution in [-0.2, 0) is 33.3 Å². The Morgan fingerprint density at radius 1 is 0.977 bits per heavy atom. The number of aliphatic hydroxyl groups is 2. The van der Waals surface area contributed by atoms with Crippen LogP contribution >= 0.6 is 0 Å². The number of epoxide rings is 1. The summed E-state index contributed by atoms with van der Waals surface area (Å²) in [5, 5.41) is 23.9. The van der Waals surface area contributed by atoms with Crippen LogP contribution in [0.3, 0.4) is 0 Å². The Kier molecular flexibility index (Phi) is 9.89. The molecule has 1 spiro atoms. The molecule has 0 radical (unpaired) electrons. The normalized spacial score (nSPS) is 40.4. The minimum Gasteiger partial charge on any atom is -0.462 e. The van der Waals surface area contributed by atoms with Crippen LogP contribution in [0.1, 0.15) is 124 Å². The number of hydrogen-bond donors (Lipinski definition) is 2. The third-order valence-electron chi connectivity index (χ3n) is 11.7. The lowest BCUT2D eigenvalue weighted by atomic mass is 9.50. The summed E-state index contributed by atoms with van der Waals surface area (Å²) in [7, 11) is 0. The van der Waals surface area contributed by atoms with Gasteiger partial charge in [-0.25, -0.2) is 0 Å². The van der Waals surface area contributed by atoms with Crippen molar-refractivity contribution in [2.24, 2.45) is 23.2 Å². The van der Waals surface area contributed by atoms with Crippen molar-refractivity contribution in [3.8, 4) is 0 Å². The minimum atomic E-state index is -1.81. The number of ether oxygens (including phenoxy) is 4. The molecule has 5 fully saturated rings. The second-order valence-corrected chi connectivity index (χ2v) is 14.5. The highest BCUT2D eigenvalue weighted by Gasteiger charge is 2.93. The molecule has 2 bridgehead atoms. The molecule has 9 nitrogen and oxygen atoms in total. The van der Waals surface area contributed by atoms with Gasteiger partial charge in [-0.15, -0.1) is 0 Å². The van der Waals surface area contributed by atoms with E-state index in [0.29, 0.717) is 12.0 Å². The van der Waals surface area contributed by atoms with Crippen molar-refractivity contribution in [1.29, 1.82) is 0 Å². The van der Waals surface area contributed by atoms with Crippen molar-refractivity contribution in [3.05, 3.63) is 12.2 Å². The van der Waals surface area contributed by atoms with Gasteiger partial charge in [0.05, 0.1) is 17.3 Å². The van der Waals surface area contributed by atoms with E-state index in [9.17, 15) is 24.6 Å². The van der Waals surface area contributed by atoms with E-state index >= 15 is 0 Å². The molecule has 44 heavy (non-hydrogen) atoms. The Balaban J connectivity index is 1.09. The van der Waals surface area contributed by atoms with Gasteiger partial charge in [-0.05, 0) is 20.3 Å². The molecule has 0 aromatic heterocycles. The summed E-state index contributed by atoms with van der Waals surface area (Å²) in [5.74, 6) is -3.84. The van der Waals surface area contributed by atoms with Crippen LogP contribution in [-0.4, -0.2) is 69.8 Å². The summed E-state index contributed by atoms with van der Waals surface area (Å²) < 4.78 is 23.3. The molecular weight excluding hydrogens is 564 g/mol. The summed E-state index contributed by atoms with van der Waals surface area (Å²) in [5.41, 5.74) is -3.99. The first-order valence-corrected chi connectivity index (χ1v) is 17.3. The van der Waals surface area contributed by atoms with E-state index < -0.39 is 76.8 Å². The number of aliphatic hydroxyl groups excluding tert-OH is 1. The van der Waals surface area contributed by atoms with Gasteiger partial charge in [0.2, 0.25) is 0 Å². The smallest absolute Gasteiger partial charge is 0.313 e. The van der Waals surface area contributed by atoms with Gasteiger partial charge >= 0.3 is 17.9 Å². The van der Waals surface area contributed by atoms with Gasteiger partial charge in [-0.3, -0.25) is 14.4 Å². The monoisotopic (exact) mass is 618 g/mol. The van der Waals surface area contributed by atoms with Crippen molar-refractivity contribution >= 4 is 17.9 Å². The zero-order valence-electron chi connectivity index (χ0n) is 27.2. The number of hydrogen-bond acceptors (Lipinski definition) is 9. The van der Waals surface area contributed by atoms with E-state index in [4.69, 9.17) is 18.9 Å². The topological polar surface area (TPSA) is 132 Å². The zero-order chi connectivity index (χ0) is 31.9. The van der Waals surface area contributed by atoms with Crippen molar-refractivity contribution in [2.45, 2.75) is 166 Å². The van der Waals surface area contributed by atoms with E-state index in [1.807, 2.05) is 0 Å². The fourth-order valence-electron chi connectivity index (χ4n) is 9.14. The summed E-state index contributed by atoms with van der Waals surface area (Å²) >= 11 is 0. The fraction of sp³-hybridized carbons (Fsp3) is 0.857. The van der Waals surface area contributed by atoms with Crippen LogP contribution in [0.4, 0.5) is 0 Å². The third kappa shape index (κ3) is 5.32. The van der Waals surface area contributed by atoms with Gasteiger partial charge in [0.15, 0.2) is 5.60 Å². The van der Waals surface area contributed by atoms with Crippen LogP contribution in [0.25, 0.3) is 0 Å². The molecule has 0 unspecified atom stereocenters. The van der Waals surface area contributed by atoms with Crippen molar-refractivity contribution < 1.29 is 43.5 Å². The fourth-order valence-corrected chi connectivity index (χ4v) is 9.14.